The minimum absolute atomic E-state index is 0.951. The lowest BCUT2D eigenvalue weighted by molar-refractivity contribution is 1.47. The third kappa shape index (κ3) is 2.22. The number of hydrogen-bond donors (Lipinski definition) is 2. The van der Waals surface area contributed by atoms with E-state index in [1.165, 1.54) is 21.5 Å². The Bertz CT molecular complexity index is 970. The maximum atomic E-state index is 4.64. The zero-order valence-electron chi connectivity index (χ0n) is 12.0. The van der Waals surface area contributed by atoms with Gasteiger partial charge in [0.2, 0.25) is 0 Å². The molecule has 0 saturated heterocycles. The zero-order valence-corrected chi connectivity index (χ0v) is 12.8. The molecule has 0 unspecified atom stereocenters. The predicted molar refractivity (Wildman–Crippen MR) is 98.4 cm³/mol. The molecule has 4 aromatic rings. The summed E-state index contributed by atoms with van der Waals surface area (Å²) in [6.45, 7) is 0. The predicted octanol–water partition coefficient (Wildman–Crippen LogP) is 6.03. The topological polar surface area (TPSA) is 12.0 Å². The molecule has 0 aliphatic heterocycles. The molecular formula is C20H15NS. The highest BCUT2D eigenvalue weighted by Crippen LogP contribution is 2.34. The maximum Gasteiger partial charge on any atom is 0.0599 e. The van der Waals surface area contributed by atoms with Crippen molar-refractivity contribution in [1.82, 2.24) is 0 Å². The molecule has 0 amide bonds. The first-order valence-corrected chi connectivity index (χ1v) is 7.73. The number of anilines is 2. The lowest BCUT2D eigenvalue weighted by Gasteiger charge is -2.14. The fourth-order valence-electron chi connectivity index (χ4n) is 2.86. The van der Waals surface area contributed by atoms with Crippen molar-refractivity contribution < 1.29 is 0 Å². The average Bonchev–Trinajstić information content (AvgIpc) is 2.58. The smallest absolute Gasteiger partial charge is 0.0599 e. The van der Waals surface area contributed by atoms with E-state index in [1.807, 2.05) is 6.07 Å². The van der Waals surface area contributed by atoms with Crippen LogP contribution in [0.25, 0.3) is 21.5 Å². The molecule has 0 aromatic heterocycles. The van der Waals surface area contributed by atoms with E-state index >= 15 is 0 Å². The van der Waals surface area contributed by atoms with Crippen LogP contribution in [0.5, 0.6) is 0 Å². The van der Waals surface area contributed by atoms with Crippen molar-refractivity contribution in [2.45, 2.75) is 4.90 Å². The van der Waals surface area contributed by atoms with E-state index in [2.05, 4.69) is 90.7 Å². The summed E-state index contributed by atoms with van der Waals surface area (Å²) in [6.07, 6.45) is 0. The molecule has 2 heteroatoms. The monoisotopic (exact) mass is 301 g/mol. The highest BCUT2D eigenvalue weighted by molar-refractivity contribution is 7.80. The minimum Gasteiger partial charge on any atom is -0.354 e. The van der Waals surface area contributed by atoms with Gasteiger partial charge in [0, 0.05) is 21.4 Å². The van der Waals surface area contributed by atoms with E-state index in [4.69, 9.17) is 0 Å². The standard InChI is InChI=1S/C20H15NS/c22-19-13-12-15-7-2-4-10-17(15)20(19)21-18-11-5-8-14-6-1-3-9-16(14)18/h1-13,21-22H. The molecular weight excluding hydrogens is 286 g/mol. The summed E-state index contributed by atoms with van der Waals surface area (Å²) in [5, 5.41) is 8.42. The zero-order chi connectivity index (χ0) is 14.9. The highest BCUT2D eigenvalue weighted by atomic mass is 32.1. The van der Waals surface area contributed by atoms with Gasteiger partial charge in [0.05, 0.1) is 5.69 Å². The molecule has 0 bridgehead atoms. The van der Waals surface area contributed by atoms with Crippen LogP contribution < -0.4 is 5.32 Å². The number of benzene rings is 4. The first-order chi connectivity index (χ1) is 10.8. The lowest BCUT2D eigenvalue weighted by atomic mass is 10.1. The van der Waals surface area contributed by atoms with Crippen LogP contribution in [0.1, 0.15) is 0 Å². The van der Waals surface area contributed by atoms with Crippen LogP contribution in [0.4, 0.5) is 11.4 Å². The van der Waals surface area contributed by atoms with Gasteiger partial charge in [0.15, 0.2) is 0 Å². The van der Waals surface area contributed by atoms with Gasteiger partial charge < -0.3 is 5.32 Å². The molecule has 106 valence electrons. The SMILES string of the molecule is Sc1ccc2ccccc2c1Nc1cccc2ccccc12. The van der Waals surface area contributed by atoms with Crippen molar-refractivity contribution in [1.29, 1.82) is 0 Å². The molecule has 0 fully saturated rings. The molecule has 0 saturated carbocycles. The second kappa shape index (κ2) is 5.39. The van der Waals surface area contributed by atoms with Gasteiger partial charge in [-0.15, -0.1) is 12.6 Å². The van der Waals surface area contributed by atoms with Gasteiger partial charge in [-0.25, -0.2) is 0 Å². The highest BCUT2D eigenvalue weighted by Gasteiger charge is 2.07. The summed E-state index contributed by atoms with van der Waals surface area (Å²) in [5.74, 6) is 0. The van der Waals surface area contributed by atoms with Crippen molar-refractivity contribution in [2.75, 3.05) is 5.32 Å². The van der Waals surface area contributed by atoms with Crippen LogP contribution in [0.3, 0.4) is 0 Å². The fraction of sp³-hybridized carbons (Fsp3) is 0. The Balaban J connectivity index is 1.91. The summed E-state index contributed by atoms with van der Waals surface area (Å²) in [6, 6.07) is 27.2. The Kier molecular flexibility index (Phi) is 3.24. The third-order valence-corrected chi connectivity index (χ3v) is 4.33. The lowest BCUT2D eigenvalue weighted by Crippen LogP contribution is -1.94. The summed E-state index contributed by atoms with van der Waals surface area (Å²) in [7, 11) is 0. The van der Waals surface area contributed by atoms with Crippen molar-refractivity contribution in [2.24, 2.45) is 0 Å². The van der Waals surface area contributed by atoms with E-state index in [0.717, 1.165) is 16.3 Å². The van der Waals surface area contributed by atoms with Crippen LogP contribution in [-0.2, 0) is 0 Å². The molecule has 4 aromatic carbocycles. The Morgan fingerprint density at radius 2 is 1.23 bits per heavy atom. The molecule has 0 aliphatic rings. The van der Waals surface area contributed by atoms with Crippen LogP contribution in [0.15, 0.2) is 83.8 Å². The fourth-order valence-corrected chi connectivity index (χ4v) is 3.11. The molecule has 0 aliphatic carbocycles. The minimum atomic E-state index is 0.951. The molecule has 0 radical (unpaired) electrons. The molecule has 22 heavy (non-hydrogen) atoms. The van der Waals surface area contributed by atoms with Crippen molar-refractivity contribution in [3.05, 3.63) is 78.9 Å². The van der Waals surface area contributed by atoms with E-state index < -0.39 is 0 Å². The molecule has 1 N–H and O–H groups in total. The van der Waals surface area contributed by atoms with Crippen LogP contribution in [0, 0.1) is 0 Å². The van der Waals surface area contributed by atoms with Crippen molar-refractivity contribution in [3.63, 3.8) is 0 Å². The summed E-state index contributed by atoms with van der Waals surface area (Å²) in [4.78, 5) is 0.951. The Morgan fingerprint density at radius 1 is 0.591 bits per heavy atom. The van der Waals surface area contributed by atoms with Crippen molar-refractivity contribution >= 4 is 45.5 Å². The van der Waals surface area contributed by atoms with Crippen molar-refractivity contribution in [3.8, 4) is 0 Å². The second-order valence-corrected chi connectivity index (χ2v) is 5.81. The Morgan fingerprint density at radius 3 is 2.05 bits per heavy atom. The quantitative estimate of drug-likeness (QED) is 0.431. The first-order valence-electron chi connectivity index (χ1n) is 7.28. The Labute approximate surface area is 135 Å². The summed E-state index contributed by atoms with van der Waals surface area (Å²) >= 11 is 4.64. The second-order valence-electron chi connectivity index (χ2n) is 5.33. The van der Waals surface area contributed by atoms with Crippen LogP contribution in [0.2, 0.25) is 0 Å². The number of thiol groups is 1. The number of hydrogen-bond acceptors (Lipinski definition) is 2. The van der Waals surface area contributed by atoms with E-state index in [9.17, 15) is 0 Å². The average molecular weight is 301 g/mol. The molecule has 1 nitrogen and oxygen atoms in total. The van der Waals surface area contributed by atoms with Gasteiger partial charge in [0.25, 0.3) is 0 Å². The molecule has 0 heterocycles. The molecule has 0 atom stereocenters. The van der Waals surface area contributed by atoms with Crippen LogP contribution >= 0.6 is 12.6 Å². The third-order valence-electron chi connectivity index (χ3n) is 3.96. The van der Waals surface area contributed by atoms with Gasteiger partial charge in [0.1, 0.15) is 0 Å². The number of fused-ring (bicyclic) bond motifs is 2. The largest absolute Gasteiger partial charge is 0.354 e. The van der Waals surface area contributed by atoms with Gasteiger partial charge >= 0.3 is 0 Å². The van der Waals surface area contributed by atoms with Gasteiger partial charge in [-0.2, -0.15) is 0 Å². The van der Waals surface area contributed by atoms with E-state index in [1.54, 1.807) is 0 Å². The summed E-state index contributed by atoms with van der Waals surface area (Å²) in [5.41, 5.74) is 2.16. The van der Waals surface area contributed by atoms with Gasteiger partial charge in [-0.1, -0.05) is 66.7 Å². The number of nitrogens with one attached hydrogen (secondary N) is 1. The first kappa shape index (κ1) is 13.2. The Hall–Kier alpha value is -2.45. The molecule has 0 spiro atoms. The number of rotatable bonds is 2. The molecule has 4 rings (SSSR count). The van der Waals surface area contributed by atoms with Crippen LogP contribution in [-0.4, -0.2) is 0 Å². The van der Waals surface area contributed by atoms with E-state index in [-0.39, 0.29) is 0 Å². The van der Waals surface area contributed by atoms with E-state index in [0.29, 0.717) is 0 Å². The van der Waals surface area contributed by atoms with Gasteiger partial charge in [-0.05, 0) is 22.9 Å². The maximum absolute atomic E-state index is 4.64. The van der Waals surface area contributed by atoms with Gasteiger partial charge in [-0.3, -0.25) is 0 Å². The normalized spacial score (nSPS) is 11.0. The summed E-state index contributed by atoms with van der Waals surface area (Å²) < 4.78 is 0.